The highest BCUT2D eigenvalue weighted by molar-refractivity contribution is 7.90. The van der Waals surface area contributed by atoms with E-state index in [-0.39, 0.29) is 32.6 Å². The molecule has 0 aliphatic rings. The van der Waals surface area contributed by atoms with Crippen molar-refractivity contribution in [2.45, 2.75) is 24.3 Å². The molecule has 0 fully saturated rings. The number of benzene rings is 3. The van der Waals surface area contributed by atoms with Gasteiger partial charge >= 0.3 is 0 Å². The standard InChI is InChI=1S/C25H23ClF2N2O3S/c1-25(2,31)23(29)14-22(24-18(26)8-5-9-19(24)27)30-21-11-10-16(13-20(21)28)15-6-4-7-17(12-15)34(3,32)33/h4-14,29-31H,1-3H3/b22-14-,29-23?. The molecule has 0 aliphatic heterocycles. The van der Waals surface area contributed by atoms with Gasteiger partial charge in [-0.25, -0.2) is 17.2 Å². The van der Waals surface area contributed by atoms with Gasteiger partial charge in [0.1, 0.15) is 17.2 Å². The summed E-state index contributed by atoms with van der Waals surface area (Å²) in [6.07, 6.45) is 2.28. The van der Waals surface area contributed by atoms with Gasteiger partial charge in [0.2, 0.25) is 0 Å². The van der Waals surface area contributed by atoms with Gasteiger partial charge in [-0.15, -0.1) is 0 Å². The average Bonchev–Trinajstić information content (AvgIpc) is 2.73. The van der Waals surface area contributed by atoms with Gasteiger partial charge in [-0.2, -0.15) is 0 Å². The quantitative estimate of drug-likeness (QED) is 0.348. The second-order valence-corrected chi connectivity index (χ2v) is 10.7. The van der Waals surface area contributed by atoms with Crippen molar-refractivity contribution in [1.82, 2.24) is 0 Å². The number of nitrogens with one attached hydrogen (secondary N) is 2. The molecule has 3 N–H and O–H groups in total. The summed E-state index contributed by atoms with van der Waals surface area (Å²) in [6.45, 7) is 2.79. The summed E-state index contributed by atoms with van der Waals surface area (Å²) in [5, 5.41) is 21.1. The first-order valence-corrected chi connectivity index (χ1v) is 12.4. The van der Waals surface area contributed by atoms with Crippen LogP contribution in [-0.4, -0.2) is 31.1 Å². The van der Waals surface area contributed by atoms with E-state index >= 15 is 4.39 Å². The van der Waals surface area contributed by atoms with Gasteiger partial charge in [-0.1, -0.05) is 35.9 Å². The summed E-state index contributed by atoms with van der Waals surface area (Å²) in [5.41, 5.74) is -0.959. The summed E-state index contributed by atoms with van der Waals surface area (Å²) in [5.74, 6) is -1.39. The van der Waals surface area contributed by atoms with E-state index in [0.717, 1.165) is 6.26 Å². The Labute approximate surface area is 202 Å². The number of rotatable bonds is 7. The van der Waals surface area contributed by atoms with Crippen LogP contribution in [0, 0.1) is 17.0 Å². The van der Waals surface area contributed by atoms with Crippen molar-refractivity contribution in [3.8, 4) is 11.1 Å². The minimum absolute atomic E-state index is 0.0130. The third-order valence-electron chi connectivity index (χ3n) is 5.01. The van der Waals surface area contributed by atoms with Crippen LogP contribution >= 0.6 is 11.6 Å². The molecule has 0 spiro atoms. The number of hydrogen-bond donors (Lipinski definition) is 3. The Morgan fingerprint density at radius 3 is 2.26 bits per heavy atom. The van der Waals surface area contributed by atoms with Crippen molar-refractivity contribution in [2.24, 2.45) is 0 Å². The molecule has 0 saturated carbocycles. The molecule has 0 unspecified atom stereocenters. The van der Waals surface area contributed by atoms with E-state index in [1.165, 1.54) is 62.4 Å². The van der Waals surface area contributed by atoms with Crippen molar-refractivity contribution in [3.63, 3.8) is 0 Å². The normalized spacial score (nSPS) is 12.5. The molecule has 0 aliphatic carbocycles. The van der Waals surface area contributed by atoms with Gasteiger partial charge in [0, 0.05) is 6.26 Å². The molecule has 0 atom stereocenters. The van der Waals surface area contributed by atoms with Crippen LogP contribution in [0.4, 0.5) is 14.5 Å². The number of anilines is 1. The first kappa shape index (κ1) is 25.6. The second-order valence-electron chi connectivity index (χ2n) is 8.25. The number of sulfone groups is 1. The van der Waals surface area contributed by atoms with Crippen LogP contribution in [0.1, 0.15) is 19.4 Å². The molecule has 0 radical (unpaired) electrons. The van der Waals surface area contributed by atoms with Crippen molar-refractivity contribution in [1.29, 1.82) is 5.41 Å². The third kappa shape index (κ3) is 5.88. The molecule has 34 heavy (non-hydrogen) atoms. The molecule has 0 aromatic heterocycles. The maximum Gasteiger partial charge on any atom is 0.175 e. The van der Waals surface area contributed by atoms with Gasteiger partial charge in [0.15, 0.2) is 9.84 Å². The van der Waals surface area contributed by atoms with E-state index < -0.39 is 27.1 Å². The zero-order chi connectivity index (χ0) is 25.3. The highest BCUT2D eigenvalue weighted by Crippen LogP contribution is 2.32. The van der Waals surface area contributed by atoms with Crippen LogP contribution in [0.15, 0.2) is 71.6 Å². The Morgan fingerprint density at radius 2 is 1.68 bits per heavy atom. The van der Waals surface area contributed by atoms with Crippen LogP contribution < -0.4 is 5.32 Å². The van der Waals surface area contributed by atoms with E-state index in [9.17, 15) is 17.9 Å². The fourth-order valence-electron chi connectivity index (χ4n) is 3.09. The predicted octanol–water partition coefficient (Wildman–Crippen LogP) is 5.93. The first-order valence-electron chi connectivity index (χ1n) is 10.1. The zero-order valence-corrected chi connectivity index (χ0v) is 20.2. The zero-order valence-electron chi connectivity index (χ0n) is 18.7. The average molecular weight is 505 g/mol. The van der Waals surface area contributed by atoms with E-state index in [2.05, 4.69) is 5.32 Å². The maximum atomic E-state index is 15.1. The van der Waals surface area contributed by atoms with Crippen LogP contribution in [0.5, 0.6) is 0 Å². The highest BCUT2D eigenvalue weighted by atomic mass is 35.5. The van der Waals surface area contributed by atoms with Crippen molar-refractivity contribution >= 4 is 38.5 Å². The molecule has 0 saturated heterocycles. The Kier molecular flexibility index (Phi) is 7.26. The maximum absolute atomic E-state index is 15.1. The van der Waals surface area contributed by atoms with Crippen LogP contribution in [0.2, 0.25) is 5.02 Å². The van der Waals surface area contributed by atoms with Gasteiger partial charge in [-0.05, 0) is 67.4 Å². The fraction of sp³-hybridized carbons (Fsp3) is 0.160. The molecule has 0 amide bonds. The largest absolute Gasteiger partial charge is 0.384 e. The lowest BCUT2D eigenvalue weighted by molar-refractivity contribution is 0.154. The molecule has 178 valence electrons. The minimum atomic E-state index is -3.43. The van der Waals surface area contributed by atoms with E-state index in [1.807, 2.05) is 0 Å². The van der Waals surface area contributed by atoms with Crippen LogP contribution in [0.3, 0.4) is 0 Å². The number of hydrogen-bond acceptors (Lipinski definition) is 5. The lowest BCUT2D eigenvalue weighted by Gasteiger charge is -2.19. The van der Waals surface area contributed by atoms with Crippen molar-refractivity contribution in [3.05, 3.63) is 89.0 Å². The predicted molar refractivity (Wildman–Crippen MR) is 132 cm³/mol. The summed E-state index contributed by atoms with van der Waals surface area (Å²) in [4.78, 5) is 0.108. The van der Waals surface area contributed by atoms with Gasteiger partial charge in [0.25, 0.3) is 0 Å². The molecular weight excluding hydrogens is 482 g/mol. The van der Waals surface area contributed by atoms with Crippen LogP contribution in [-0.2, 0) is 9.84 Å². The second kappa shape index (κ2) is 9.66. The Hall–Kier alpha value is -3.07. The molecule has 3 aromatic carbocycles. The Balaban J connectivity index is 2.05. The van der Waals surface area contributed by atoms with Gasteiger partial charge in [0.05, 0.1) is 32.6 Å². The Morgan fingerprint density at radius 1 is 1.03 bits per heavy atom. The minimum Gasteiger partial charge on any atom is -0.384 e. The van der Waals surface area contributed by atoms with Crippen molar-refractivity contribution in [2.75, 3.05) is 11.6 Å². The van der Waals surface area contributed by atoms with Gasteiger partial charge in [-0.3, -0.25) is 0 Å². The van der Waals surface area contributed by atoms with Gasteiger partial charge < -0.3 is 15.8 Å². The summed E-state index contributed by atoms with van der Waals surface area (Å²) in [6, 6.07) is 14.4. The Bertz CT molecular complexity index is 1380. The molecule has 0 heterocycles. The number of halogens is 3. The molecule has 0 bridgehead atoms. The molecule has 9 heteroatoms. The van der Waals surface area contributed by atoms with E-state index in [4.69, 9.17) is 17.0 Å². The summed E-state index contributed by atoms with van der Waals surface area (Å²) < 4.78 is 53.4. The lowest BCUT2D eigenvalue weighted by Crippen LogP contribution is -2.29. The smallest absolute Gasteiger partial charge is 0.175 e. The summed E-state index contributed by atoms with van der Waals surface area (Å²) >= 11 is 6.19. The first-order chi connectivity index (χ1) is 15.8. The fourth-order valence-corrected chi connectivity index (χ4v) is 4.03. The lowest BCUT2D eigenvalue weighted by atomic mass is 9.99. The molecule has 3 aromatic rings. The monoisotopic (exact) mass is 504 g/mol. The number of aliphatic hydroxyl groups is 1. The van der Waals surface area contributed by atoms with Crippen molar-refractivity contribution < 1.29 is 22.3 Å². The molecule has 3 rings (SSSR count). The molecular formula is C25H23ClF2N2O3S. The SMILES string of the molecule is CC(C)(O)C(=N)/C=C(\Nc1ccc(-c2cccc(S(C)(=O)=O)c2)cc1F)c1c(F)cccc1Cl. The molecule has 5 nitrogen and oxygen atoms in total. The highest BCUT2D eigenvalue weighted by Gasteiger charge is 2.21. The van der Waals surface area contributed by atoms with E-state index in [0.29, 0.717) is 11.1 Å². The van der Waals surface area contributed by atoms with E-state index in [1.54, 1.807) is 18.2 Å². The summed E-state index contributed by atoms with van der Waals surface area (Å²) in [7, 11) is -3.43. The third-order valence-corrected chi connectivity index (χ3v) is 6.44. The topological polar surface area (TPSA) is 90.2 Å². The van der Waals surface area contributed by atoms with Crippen LogP contribution in [0.25, 0.3) is 16.8 Å².